The maximum absolute atomic E-state index is 13.4. The Balaban J connectivity index is 1.35. The molecule has 1 aliphatic rings. The number of phenolic OH excluding ortho intramolecular Hbond substituents is 1. The van der Waals surface area contributed by atoms with E-state index in [9.17, 15) is 36.7 Å². The molecule has 50 heavy (non-hydrogen) atoms. The molecule has 5 aromatic carbocycles. The van der Waals surface area contributed by atoms with Crippen molar-refractivity contribution in [1.82, 2.24) is 0 Å². The molecule has 5 aromatic rings. The van der Waals surface area contributed by atoms with E-state index < -0.39 is 47.8 Å². The normalized spacial score (nSPS) is 14.2. The average Bonchev–Trinajstić information content (AvgIpc) is 3.11. The quantitative estimate of drug-likeness (QED) is 0.0487. The van der Waals surface area contributed by atoms with Gasteiger partial charge in [0.25, 0.3) is 15.9 Å². The van der Waals surface area contributed by atoms with Crippen LogP contribution in [-0.4, -0.2) is 42.8 Å². The van der Waals surface area contributed by atoms with Crippen LogP contribution in [0.3, 0.4) is 0 Å². The molecular formula is C36H28N4O8S2+2. The molecule has 250 valence electrons. The van der Waals surface area contributed by atoms with Crippen molar-refractivity contribution >= 4 is 53.1 Å². The molecule has 3 N–H and O–H groups in total. The fraction of sp³-hybridized carbons (Fsp3) is 0.111. The fourth-order valence-electron chi connectivity index (χ4n) is 6.23. The van der Waals surface area contributed by atoms with E-state index in [1.807, 2.05) is 13.8 Å². The zero-order valence-electron chi connectivity index (χ0n) is 26.5. The van der Waals surface area contributed by atoms with E-state index in [-0.39, 0.29) is 49.4 Å². The van der Waals surface area contributed by atoms with Crippen LogP contribution in [0, 0.1) is 10.9 Å². The van der Waals surface area contributed by atoms with Crippen LogP contribution in [-0.2, 0) is 25.7 Å². The van der Waals surface area contributed by atoms with Gasteiger partial charge in [-0.15, -0.1) is 0 Å². The number of fused-ring (bicyclic) bond motifs is 2. The summed E-state index contributed by atoms with van der Waals surface area (Å²) in [7, 11) is -9.31. The van der Waals surface area contributed by atoms with Gasteiger partial charge in [-0.2, -0.15) is 16.8 Å². The van der Waals surface area contributed by atoms with E-state index in [0.717, 1.165) is 17.2 Å². The number of hydrogen-bond donors (Lipinski definition) is 3. The minimum Gasteiger partial charge on any atom is -0.501 e. The molecule has 0 saturated heterocycles. The van der Waals surface area contributed by atoms with Crippen molar-refractivity contribution in [3.8, 4) is 22.6 Å². The second-order valence-corrected chi connectivity index (χ2v) is 14.6. The molecule has 1 unspecified atom stereocenters. The van der Waals surface area contributed by atoms with Crippen LogP contribution in [0.15, 0.2) is 108 Å². The van der Waals surface area contributed by atoms with E-state index >= 15 is 0 Å². The van der Waals surface area contributed by atoms with E-state index in [1.165, 1.54) is 36.4 Å². The van der Waals surface area contributed by atoms with Gasteiger partial charge in [-0.3, -0.25) is 9.35 Å². The number of rotatable bonds is 8. The number of nitrogens with zero attached hydrogens (tertiary/aromatic N) is 3. The van der Waals surface area contributed by atoms with Gasteiger partial charge >= 0.3 is 21.5 Å². The molecule has 0 fully saturated rings. The Hall–Kier alpha value is -5.97. The van der Waals surface area contributed by atoms with Gasteiger partial charge in [0.15, 0.2) is 4.98 Å². The summed E-state index contributed by atoms with van der Waals surface area (Å²) < 4.78 is 67.8. The molecule has 12 nitrogen and oxygen atoms in total. The largest absolute Gasteiger partial charge is 0.501 e. The number of nitrogens with one attached hydrogen (secondary N) is 1. The lowest BCUT2D eigenvalue weighted by Gasteiger charge is -2.30. The molecule has 0 radical (unpaired) electrons. The first kappa shape index (κ1) is 33.9. The highest BCUT2D eigenvalue weighted by atomic mass is 32.2. The molecule has 0 bridgehead atoms. The topological polar surface area (TPSA) is 201 Å². The number of ketones is 1. The Kier molecular flexibility index (Phi) is 8.47. The summed E-state index contributed by atoms with van der Waals surface area (Å²) in [5.74, 6) is -1.01. The van der Waals surface area contributed by atoms with Crippen molar-refractivity contribution in [1.29, 1.82) is 10.9 Å². The molecule has 0 aliphatic heterocycles. The van der Waals surface area contributed by atoms with Gasteiger partial charge in [-0.05, 0) is 35.2 Å². The number of hydrogen-bond acceptors (Lipinski definition) is 9. The van der Waals surface area contributed by atoms with Gasteiger partial charge in [-0.1, -0.05) is 98.8 Å². The van der Waals surface area contributed by atoms with Gasteiger partial charge in [0, 0.05) is 27.3 Å². The predicted octanol–water partition coefficient (Wildman–Crippen LogP) is 7.29. The van der Waals surface area contributed by atoms with E-state index in [2.05, 4.69) is 9.77 Å². The minimum absolute atomic E-state index is 0.0105. The lowest BCUT2D eigenvalue weighted by atomic mass is 9.74. The first-order valence-corrected chi connectivity index (χ1v) is 18.0. The van der Waals surface area contributed by atoms with Crippen LogP contribution in [0.4, 0.5) is 5.69 Å². The molecule has 6 rings (SSSR count). The van der Waals surface area contributed by atoms with Gasteiger partial charge in [0.05, 0.1) is 16.4 Å². The molecule has 0 spiro atoms. The number of phenols is 1. The van der Waals surface area contributed by atoms with Crippen LogP contribution in [0.25, 0.3) is 31.8 Å². The Bertz CT molecular complexity index is 2590. The maximum atomic E-state index is 13.4. The van der Waals surface area contributed by atoms with Gasteiger partial charge in [0.2, 0.25) is 11.1 Å². The number of benzene rings is 5. The maximum Gasteiger partial charge on any atom is 0.435 e. The third-order valence-corrected chi connectivity index (χ3v) is 11.2. The number of aromatic hydroxyl groups is 1. The number of allylic oxidation sites excluding steroid dienone is 1. The number of diazo groups is 1. The monoisotopic (exact) mass is 708 g/mol. The smallest absolute Gasteiger partial charge is 0.435 e. The predicted molar refractivity (Wildman–Crippen MR) is 185 cm³/mol. The highest BCUT2D eigenvalue weighted by Crippen LogP contribution is 2.48. The Morgan fingerprint density at radius 2 is 1.40 bits per heavy atom. The van der Waals surface area contributed by atoms with E-state index in [4.69, 9.17) is 9.71 Å². The van der Waals surface area contributed by atoms with Crippen LogP contribution >= 0.6 is 0 Å². The molecule has 0 heterocycles. The van der Waals surface area contributed by atoms with Crippen molar-refractivity contribution in [2.24, 2.45) is 0 Å². The Morgan fingerprint density at radius 1 is 0.840 bits per heavy atom. The molecule has 0 aromatic heterocycles. The van der Waals surface area contributed by atoms with E-state index in [1.54, 1.807) is 60.7 Å². The van der Waals surface area contributed by atoms with Crippen molar-refractivity contribution < 1.29 is 40.3 Å². The molecular weight excluding hydrogens is 681 g/mol. The number of carbonyl (C=O) groups is 1. The first-order chi connectivity index (χ1) is 23.7. The molecule has 0 saturated carbocycles. The van der Waals surface area contributed by atoms with Crippen LogP contribution < -0.4 is 4.18 Å². The Morgan fingerprint density at radius 3 is 1.96 bits per heavy atom. The average molecular weight is 709 g/mol. The summed E-state index contributed by atoms with van der Waals surface area (Å²) >= 11 is 0. The third kappa shape index (κ3) is 5.64. The van der Waals surface area contributed by atoms with Crippen molar-refractivity contribution in [3.05, 3.63) is 130 Å². The zero-order valence-corrected chi connectivity index (χ0v) is 28.2. The highest BCUT2D eigenvalue weighted by molar-refractivity contribution is 7.96. The van der Waals surface area contributed by atoms with Crippen molar-refractivity contribution in [3.63, 3.8) is 0 Å². The number of carbonyl (C=O) groups excluding carboxylic acids is 1. The standard InChI is InChI=1S/C36H26N4O8S2/c1-3-36(2,22-14-12-21(13-15-22)31-32(40-38)34(42)27-10-6-7-11-28(27)35(31)49(43,44)45)23-16-18-24(19-17-23)48-50(46,47)30-20-29(39-37)33(41)26-9-5-4-8-25(26)30/h4-20,37H,3H2,1-2H3/p+2. The fourth-order valence-corrected chi connectivity index (χ4v) is 8.32. The second-order valence-electron chi connectivity index (χ2n) is 11.7. The van der Waals surface area contributed by atoms with Crippen LogP contribution in [0.1, 0.15) is 47.3 Å². The van der Waals surface area contributed by atoms with Crippen LogP contribution in [0.2, 0.25) is 0 Å². The third-order valence-electron chi connectivity index (χ3n) is 9.02. The van der Waals surface area contributed by atoms with Crippen LogP contribution in [0.5, 0.6) is 11.5 Å². The molecule has 1 aliphatic carbocycles. The van der Waals surface area contributed by atoms with Gasteiger partial charge in [-0.25, -0.2) is 0 Å². The number of Topliss-reactive ketones (excluding diaryl/α,β-unsaturated/α-hetero) is 1. The second kappa shape index (κ2) is 12.5. The zero-order chi connectivity index (χ0) is 36.0. The summed E-state index contributed by atoms with van der Waals surface area (Å²) in [5.41, 5.74) is 7.83. The van der Waals surface area contributed by atoms with E-state index in [0.29, 0.717) is 6.42 Å². The summed E-state index contributed by atoms with van der Waals surface area (Å²) in [5, 5.41) is 20.8. The SMILES string of the molecule is CCC(C)(c1ccc(OS(=O)(=O)C2=CC(=[N+]=N)C(=O)c3ccccc32)cc1)c1ccc(-c2c([N+]#N)c(O)c3ccccc3c2S(=O)(=O)O)cc1. The van der Waals surface area contributed by atoms with Gasteiger partial charge < -0.3 is 9.29 Å². The summed E-state index contributed by atoms with van der Waals surface area (Å²) in [4.78, 5) is 18.2. The van der Waals surface area contributed by atoms with Gasteiger partial charge in [0.1, 0.15) is 21.1 Å². The molecule has 14 heteroatoms. The lowest BCUT2D eigenvalue weighted by Crippen LogP contribution is -2.24. The minimum atomic E-state index is -4.86. The lowest BCUT2D eigenvalue weighted by molar-refractivity contribution is -0.117. The summed E-state index contributed by atoms with van der Waals surface area (Å²) in [6, 6.07) is 25.2. The van der Waals surface area contributed by atoms with Crippen molar-refractivity contribution in [2.45, 2.75) is 30.6 Å². The molecule has 1 atom stereocenters. The van der Waals surface area contributed by atoms with Crippen molar-refractivity contribution in [2.75, 3.05) is 0 Å². The molecule has 0 amide bonds. The summed E-state index contributed by atoms with van der Waals surface area (Å²) in [6.45, 7) is 3.93. The Labute approximate surface area is 287 Å². The highest BCUT2D eigenvalue weighted by Gasteiger charge is 2.38. The summed E-state index contributed by atoms with van der Waals surface area (Å²) in [6.07, 6.45) is 1.61. The first-order valence-electron chi connectivity index (χ1n) is 15.1.